The van der Waals surface area contributed by atoms with Crippen LogP contribution in [0.3, 0.4) is 0 Å². The van der Waals surface area contributed by atoms with Gasteiger partial charge in [-0.05, 0) is 30.9 Å². The summed E-state index contributed by atoms with van der Waals surface area (Å²) in [6, 6.07) is 10.9. The fourth-order valence-corrected chi connectivity index (χ4v) is 4.60. The summed E-state index contributed by atoms with van der Waals surface area (Å²) in [4.78, 5) is 37.8. The third-order valence-electron chi connectivity index (χ3n) is 5.04. The molecule has 1 aromatic carbocycles. The third kappa shape index (κ3) is 5.26. The molecule has 1 aliphatic heterocycles. The van der Waals surface area contributed by atoms with E-state index in [2.05, 4.69) is 10.6 Å². The number of benzene rings is 1. The fourth-order valence-electron chi connectivity index (χ4n) is 2.95. The molecule has 2 N–H and O–H groups in total. The van der Waals surface area contributed by atoms with Crippen LogP contribution in [-0.2, 0) is 20.1 Å². The topological polar surface area (TPSA) is 84.5 Å². The number of rotatable bonds is 8. The van der Waals surface area contributed by atoms with Crippen LogP contribution >= 0.6 is 23.1 Å². The van der Waals surface area contributed by atoms with Gasteiger partial charge in [0.15, 0.2) is 5.78 Å². The number of thioether (sulfide) groups is 1. The SMILES string of the molecule is C[C@H]1OCC(=O)[C@]1(C)NC(=O)[C@@H](CSCc1ccccc1)NC(=O)c1ccsc1. The summed E-state index contributed by atoms with van der Waals surface area (Å²) in [6.07, 6.45) is -0.427. The molecular weight excluding hydrogens is 408 g/mol. The van der Waals surface area contributed by atoms with Gasteiger partial charge in [0.25, 0.3) is 5.91 Å². The molecule has 0 spiro atoms. The van der Waals surface area contributed by atoms with Crippen LogP contribution in [0.4, 0.5) is 0 Å². The zero-order valence-corrected chi connectivity index (χ0v) is 18.0. The van der Waals surface area contributed by atoms with Crippen molar-refractivity contribution in [3.63, 3.8) is 0 Å². The summed E-state index contributed by atoms with van der Waals surface area (Å²) in [5, 5.41) is 9.17. The standard InChI is InChI=1S/C21H24N2O4S2/c1-14-21(2,18(24)10-27-14)23-20(26)17(22-19(25)16-8-9-28-12-16)13-29-11-15-6-4-3-5-7-15/h3-9,12,14,17H,10-11,13H2,1-2H3,(H,22,25)(H,23,26)/t14-,17-,21-/m1/s1. The lowest BCUT2D eigenvalue weighted by Gasteiger charge is -2.29. The highest BCUT2D eigenvalue weighted by atomic mass is 32.2. The Balaban J connectivity index is 1.68. The Bertz CT molecular complexity index is 857. The number of carbonyl (C=O) groups is 3. The number of carbonyl (C=O) groups excluding carboxylic acids is 3. The van der Waals surface area contributed by atoms with E-state index in [0.29, 0.717) is 17.1 Å². The molecule has 6 nitrogen and oxygen atoms in total. The van der Waals surface area contributed by atoms with Crippen molar-refractivity contribution < 1.29 is 19.1 Å². The minimum absolute atomic E-state index is 0.0212. The molecule has 0 saturated carbocycles. The van der Waals surface area contributed by atoms with Crippen LogP contribution < -0.4 is 10.6 Å². The number of nitrogens with one attached hydrogen (secondary N) is 2. The lowest BCUT2D eigenvalue weighted by atomic mass is 9.93. The first kappa shape index (κ1) is 21.5. The van der Waals surface area contributed by atoms with E-state index >= 15 is 0 Å². The Labute approximate surface area is 178 Å². The van der Waals surface area contributed by atoms with Gasteiger partial charge in [0.1, 0.15) is 18.2 Å². The largest absolute Gasteiger partial charge is 0.368 e. The number of thiophene rings is 1. The smallest absolute Gasteiger partial charge is 0.252 e. The molecule has 2 aromatic rings. The summed E-state index contributed by atoms with van der Waals surface area (Å²) in [7, 11) is 0. The predicted octanol–water partition coefficient (Wildman–Crippen LogP) is 2.64. The Kier molecular flexibility index (Phi) is 7.10. The molecule has 0 radical (unpaired) electrons. The first-order valence-electron chi connectivity index (χ1n) is 9.32. The molecule has 0 aliphatic carbocycles. The summed E-state index contributed by atoms with van der Waals surface area (Å²) in [6.45, 7) is 3.40. The number of ether oxygens (including phenoxy) is 1. The van der Waals surface area contributed by atoms with Crippen molar-refractivity contribution in [2.75, 3.05) is 12.4 Å². The molecule has 1 aromatic heterocycles. The molecule has 0 bridgehead atoms. The zero-order valence-electron chi connectivity index (χ0n) is 16.3. The van der Waals surface area contributed by atoms with Crippen molar-refractivity contribution in [3.05, 3.63) is 58.3 Å². The molecule has 2 amide bonds. The fraction of sp³-hybridized carbons (Fsp3) is 0.381. The van der Waals surface area contributed by atoms with E-state index in [4.69, 9.17) is 4.74 Å². The Morgan fingerprint density at radius 3 is 2.69 bits per heavy atom. The van der Waals surface area contributed by atoms with E-state index in [1.54, 1.807) is 37.1 Å². The van der Waals surface area contributed by atoms with E-state index in [-0.39, 0.29) is 24.2 Å². The van der Waals surface area contributed by atoms with Gasteiger partial charge in [-0.15, -0.1) is 0 Å². The van der Waals surface area contributed by atoms with Gasteiger partial charge in [0, 0.05) is 16.9 Å². The number of ketones is 1. The molecule has 29 heavy (non-hydrogen) atoms. The number of hydrogen-bond acceptors (Lipinski definition) is 6. The highest BCUT2D eigenvalue weighted by molar-refractivity contribution is 7.98. The van der Waals surface area contributed by atoms with Crippen LogP contribution in [-0.4, -0.2) is 47.6 Å². The molecule has 1 saturated heterocycles. The lowest BCUT2D eigenvalue weighted by Crippen LogP contribution is -2.60. The average molecular weight is 433 g/mol. The van der Waals surface area contributed by atoms with Crippen LogP contribution in [0, 0.1) is 0 Å². The van der Waals surface area contributed by atoms with Gasteiger partial charge in [-0.3, -0.25) is 14.4 Å². The quantitative estimate of drug-likeness (QED) is 0.670. The molecule has 2 heterocycles. The lowest BCUT2D eigenvalue weighted by molar-refractivity contribution is -0.130. The predicted molar refractivity (Wildman–Crippen MR) is 115 cm³/mol. The van der Waals surface area contributed by atoms with Gasteiger partial charge in [0.2, 0.25) is 5.91 Å². The monoisotopic (exact) mass is 432 g/mol. The maximum atomic E-state index is 13.0. The first-order valence-corrected chi connectivity index (χ1v) is 11.4. The van der Waals surface area contributed by atoms with E-state index in [1.807, 2.05) is 35.7 Å². The summed E-state index contributed by atoms with van der Waals surface area (Å²) >= 11 is 2.97. The Hall–Kier alpha value is -2.16. The highest BCUT2D eigenvalue weighted by Gasteiger charge is 2.47. The van der Waals surface area contributed by atoms with Crippen LogP contribution in [0.2, 0.25) is 0 Å². The maximum Gasteiger partial charge on any atom is 0.252 e. The molecule has 0 unspecified atom stereocenters. The van der Waals surface area contributed by atoms with Crippen molar-refractivity contribution in [2.24, 2.45) is 0 Å². The second-order valence-electron chi connectivity index (χ2n) is 7.11. The maximum absolute atomic E-state index is 13.0. The van der Waals surface area contributed by atoms with Crippen LogP contribution in [0.25, 0.3) is 0 Å². The van der Waals surface area contributed by atoms with Gasteiger partial charge in [-0.1, -0.05) is 30.3 Å². The van der Waals surface area contributed by atoms with E-state index < -0.39 is 17.7 Å². The average Bonchev–Trinajstić information content (AvgIpc) is 3.33. The molecule has 154 valence electrons. The Morgan fingerprint density at radius 1 is 1.31 bits per heavy atom. The summed E-state index contributed by atoms with van der Waals surface area (Å²) in [5.41, 5.74) is 0.563. The van der Waals surface area contributed by atoms with Crippen LogP contribution in [0.5, 0.6) is 0 Å². The van der Waals surface area contributed by atoms with Gasteiger partial charge >= 0.3 is 0 Å². The number of amides is 2. The number of hydrogen-bond donors (Lipinski definition) is 2. The van der Waals surface area contributed by atoms with Crippen LogP contribution in [0.15, 0.2) is 47.2 Å². The summed E-state index contributed by atoms with van der Waals surface area (Å²) < 4.78 is 5.38. The van der Waals surface area contributed by atoms with E-state index in [1.165, 1.54) is 11.3 Å². The second kappa shape index (κ2) is 9.56. The van der Waals surface area contributed by atoms with Gasteiger partial charge in [-0.2, -0.15) is 23.1 Å². The molecule has 3 rings (SSSR count). The first-order chi connectivity index (χ1) is 13.9. The van der Waals surface area contributed by atoms with Crippen molar-refractivity contribution >= 4 is 40.7 Å². The van der Waals surface area contributed by atoms with Gasteiger partial charge in [0.05, 0.1) is 11.7 Å². The molecular formula is C21H24N2O4S2. The molecule has 3 atom stereocenters. The minimum atomic E-state index is -1.09. The molecule has 8 heteroatoms. The number of Topliss-reactive ketones (excluding diaryl/α,β-unsaturated/α-hetero) is 1. The third-order valence-corrected chi connectivity index (χ3v) is 6.83. The molecule has 1 aliphatic rings. The van der Waals surface area contributed by atoms with Crippen molar-refractivity contribution in [1.29, 1.82) is 0 Å². The van der Waals surface area contributed by atoms with Crippen LogP contribution in [0.1, 0.15) is 29.8 Å². The normalized spacial score (nSPS) is 22.3. The zero-order chi connectivity index (χ0) is 20.9. The molecule has 1 fully saturated rings. The minimum Gasteiger partial charge on any atom is -0.368 e. The van der Waals surface area contributed by atoms with E-state index in [9.17, 15) is 14.4 Å². The van der Waals surface area contributed by atoms with Crippen molar-refractivity contribution in [1.82, 2.24) is 10.6 Å². The second-order valence-corrected chi connectivity index (χ2v) is 8.92. The highest BCUT2D eigenvalue weighted by Crippen LogP contribution is 2.23. The van der Waals surface area contributed by atoms with E-state index in [0.717, 1.165) is 5.56 Å². The van der Waals surface area contributed by atoms with Gasteiger partial charge < -0.3 is 15.4 Å². The summed E-state index contributed by atoms with van der Waals surface area (Å²) in [5.74, 6) is 0.240. The van der Waals surface area contributed by atoms with Crippen molar-refractivity contribution in [3.8, 4) is 0 Å². The van der Waals surface area contributed by atoms with Crippen molar-refractivity contribution in [2.45, 2.75) is 37.3 Å². The Morgan fingerprint density at radius 2 is 2.07 bits per heavy atom. The van der Waals surface area contributed by atoms with Gasteiger partial charge in [-0.25, -0.2) is 0 Å².